The van der Waals surface area contributed by atoms with E-state index in [0.717, 1.165) is 39.1 Å². The van der Waals surface area contributed by atoms with Gasteiger partial charge in [0.15, 0.2) is 0 Å². The third-order valence-electron chi connectivity index (χ3n) is 2.93. The minimum atomic E-state index is -0.0564. The topological polar surface area (TPSA) is 57.5 Å². The van der Waals surface area contributed by atoms with E-state index in [1.807, 2.05) is 0 Å². The van der Waals surface area contributed by atoms with Gasteiger partial charge in [0, 0.05) is 32.7 Å². The maximum absolute atomic E-state index is 11.6. The fourth-order valence-corrected chi connectivity index (χ4v) is 1.94. The average molecular weight is 274 g/mol. The second-order valence-corrected chi connectivity index (χ2v) is 4.21. The molecule has 1 amide bonds. The van der Waals surface area contributed by atoms with Gasteiger partial charge in [-0.25, -0.2) is 0 Å². The van der Waals surface area contributed by atoms with Gasteiger partial charge in [0.25, 0.3) is 5.91 Å². The van der Waals surface area contributed by atoms with Crippen molar-refractivity contribution in [2.45, 2.75) is 6.42 Å². The lowest BCUT2D eigenvalue weighted by Crippen LogP contribution is -2.44. The summed E-state index contributed by atoms with van der Waals surface area (Å²) in [5.41, 5.74) is 0.590. The minimum absolute atomic E-state index is 0. The van der Waals surface area contributed by atoms with Crippen LogP contribution in [-0.4, -0.2) is 50.1 Å². The van der Waals surface area contributed by atoms with Gasteiger partial charge in [-0.3, -0.25) is 4.79 Å². The number of halogens is 1. The standard InChI is InChI=1S/C12H19N3O2.ClH/c16-12(11-2-9-17-10-11)14-3-1-6-15-7-4-13-5-8-15;/h2,9-10,13H,1,3-8H2,(H,14,16);1H. The molecular weight excluding hydrogens is 254 g/mol. The molecule has 102 valence electrons. The molecule has 1 saturated heterocycles. The molecule has 1 aromatic heterocycles. The lowest BCUT2D eigenvalue weighted by molar-refractivity contribution is 0.0950. The number of hydrogen-bond donors (Lipinski definition) is 2. The summed E-state index contributed by atoms with van der Waals surface area (Å²) in [6.07, 6.45) is 3.96. The molecule has 2 heterocycles. The van der Waals surface area contributed by atoms with Gasteiger partial charge in [-0.1, -0.05) is 0 Å². The molecule has 5 nitrogen and oxygen atoms in total. The zero-order valence-electron chi connectivity index (χ0n) is 10.4. The fraction of sp³-hybridized carbons (Fsp3) is 0.583. The first-order valence-corrected chi connectivity index (χ1v) is 6.10. The Kier molecular flexibility index (Phi) is 6.78. The minimum Gasteiger partial charge on any atom is -0.472 e. The highest BCUT2D eigenvalue weighted by Crippen LogP contribution is 1.99. The predicted octanol–water partition coefficient (Wildman–Crippen LogP) is 0.726. The molecule has 0 spiro atoms. The second-order valence-electron chi connectivity index (χ2n) is 4.21. The predicted molar refractivity (Wildman–Crippen MR) is 72.2 cm³/mol. The number of amides is 1. The Balaban J connectivity index is 0.00000162. The van der Waals surface area contributed by atoms with Crippen LogP contribution in [0.15, 0.2) is 23.0 Å². The van der Waals surface area contributed by atoms with E-state index in [4.69, 9.17) is 4.42 Å². The van der Waals surface area contributed by atoms with Crippen molar-refractivity contribution in [3.05, 3.63) is 24.2 Å². The third kappa shape index (κ3) is 4.68. The highest BCUT2D eigenvalue weighted by molar-refractivity contribution is 5.93. The van der Waals surface area contributed by atoms with Crippen LogP contribution in [0.3, 0.4) is 0 Å². The Morgan fingerprint density at radius 1 is 1.44 bits per heavy atom. The highest BCUT2D eigenvalue weighted by Gasteiger charge is 2.09. The normalized spacial score (nSPS) is 16.0. The van der Waals surface area contributed by atoms with Crippen LogP contribution >= 0.6 is 12.4 Å². The van der Waals surface area contributed by atoms with E-state index in [-0.39, 0.29) is 18.3 Å². The molecule has 0 unspecified atom stereocenters. The molecule has 0 saturated carbocycles. The maximum Gasteiger partial charge on any atom is 0.254 e. The van der Waals surface area contributed by atoms with E-state index in [1.165, 1.54) is 12.5 Å². The van der Waals surface area contributed by atoms with Crippen molar-refractivity contribution in [2.75, 3.05) is 39.3 Å². The number of rotatable bonds is 5. The number of nitrogens with zero attached hydrogens (tertiary/aromatic N) is 1. The summed E-state index contributed by atoms with van der Waals surface area (Å²) in [5, 5.41) is 6.20. The zero-order valence-corrected chi connectivity index (χ0v) is 11.2. The first kappa shape index (κ1) is 15.0. The van der Waals surface area contributed by atoms with Crippen LogP contribution < -0.4 is 10.6 Å². The smallest absolute Gasteiger partial charge is 0.254 e. The summed E-state index contributed by atoms with van der Waals surface area (Å²) >= 11 is 0. The number of furan rings is 1. The van der Waals surface area contributed by atoms with E-state index in [0.29, 0.717) is 12.1 Å². The summed E-state index contributed by atoms with van der Waals surface area (Å²) in [6.45, 7) is 6.12. The molecule has 1 fully saturated rings. The van der Waals surface area contributed by atoms with Crippen molar-refractivity contribution in [2.24, 2.45) is 0 Å². The van der Waals surface area contributed by atoms with E-state index in [2.05, 4.69) is 15.5 Å². The molecule has 0 aromatic carbocycles. The number of piperazine rings is 1. The van der Waals surface area contributed by atoms with Crippen LogP contribution in [0.1, 0.15) is 16.8 Å². The summed E-state index contributed by atoms with van der Waals surface area (Å²) in [6, 6.07) is 1.67. The maximum atomic E-state index is 11.6. The van der Waals surface area contributed by atoms with Gasteiger partial charge in [-0.2, -0.15) is 0 Å². The lowest BCUT2D eigenvalue weighted by atomic mass is 10.3. The fourth-order valence-electron chi connectivity index (χ4n) is 1.94. The SMILES string of the molecule is Cl.O=C(NCCCN1CCNCC1)c1ccoc1. The zero-order chi connectivity index (χ0) is 11.9. The van der Waals surface area contributed by atoms with Crippen LogP contribution in [0.25, 0.3) is 0 Å². The number of carbonyl (C=O) groups is 1. The van der Waals surface area contributed by atoms with Crippen molar-refractivity contribution in [1.29, 1.82) is 0 Å². The summed E-state index contributed by atoms with van der Waals surface area (Å²) < 4.78 is 4.86. The van der Waals surface area contributed by atoms with E-state index < -0.39 is 0 Å². The van der Waals surface area contributed by atoms with E-state index in [1.54, 1.807) is 6.07 Å². The third-order valence-corrected chi connectivity index (χ3v) is 2.93. The Labute approximate surface area is 113 Å². The summed E-state index contributed by atoms with van der Waals surface area (Å²) in [5.74, 6) is -0.0564. The monoisotopic (exact) mass is 273 g/mol. The van der Waals surface area contributed by atoms with Gasteiger partial charge in [0.2, 0.25) is 0 Å². The Bertz CT molecular complexity index is 337. The highest BCUT2D eigenvalue weighted by atomic mass is 35.5. The molecule has 0 radical (unpaired) electrons. The van der Waals surface area contributed by atoms with Crippen molar-refractivity contribution in [1.82, 2.24) is 15.5 Å². The van der Waals surface area contributed by atoms with Crippen LogP contribution in [0.5, 0.6) is 0 Å². The van der Waals surface area contributed by atoms with Crippen molar-refractivity contribution >= 4 is 18.3 Å². The molecule has 0 aliphatic carbocycles. The van der Waals surface area contributed by atoms with E-state index >= 15 is 0 Å². The molecule has 2 rings (SSSR count). The van der Waals surface area contributed by atoms with Gasteiger partial charge in [0.05, 0.1) is 11.8 Å². The summed E-state index contributed by atoms with van der Waals surface area (Å²) in [4.78, 5) is 14.0. The van der Waals surface area contributed by atoms with Crippen LogP contribution in [0.2, 0.25) is 0 Å². The van der Waals surface area contributed by atoms with Crippen molar-refractivity contribution in [3.8, 4) is 0 Å². The molecule has 1 aliphatic heterocycles. The molecule has 1 aromatic rings. The number of carbonyl (C=O) groups excluding carboxylic acids is 1. The van der Waals surface area contributed by atoms with Gasteiger partial charge >= 0.3 is 0 Å². The Hall–Kier alpha value is -1.04. The number of nitrogens with one attached hydrogen (secondary N) is 2. The Morgan fingerprint density at radius 2 is 2.22 bits per heavy atom. The summed E-state index contributed by atoms with van der Waals surface area (Å²) in [7, 11) is 0. The molecule has 18 heavy (non-hydrogen) atoms. The largest absolute Gasteiger partial charge is 0.472 e. The Morgan fingerprint density at radius 3 is 2.89 bits per heavy atom. The van der Waals surface area contributed by atoms with Gasteiger partial charge in [-0.05, 0) is 19.0 Å². The van der Waals surface area contributed by atoms with Gasteiger partial charge in [0.1, 0.15) is 6.26 Å². The molecular formula is C12H20ClN3O2. The lowest BCUT2D eigenvalue weighted by Gasteiger charge is -2.27. The first-order chi connectivity index (χ1) is 8.36. The molecule has 0 bridgehead atoms. The van der Waals surface area contributed by atoms with Crippen molar-refractivity contribution < 1.29 is 9.21 Å². The van der Waals surface area contributed by atoms with Crippen molar-refractivity contribution in [3.63, 3.8) is 0 Å². The second kappa shape index (κ2) is 8.13. The molecule has 2 N–H and O–H groups in total. The van der Waals surface area contributed by atoms with E-state index in [9.17, 15) is 4.79 Å². The first-order valence-electron chi connectivity index (χ1n) is 6.10. The molecule has 1 aliphatic rings. The van der Waals surface area contributed by atoms with Crippen LogP contribution in [-0.2, 0) is 0 Å². The van der Waals surface area contributed by atoms with Crippen LogP contribution in [0, 0.1) is 0 Å². The van der Waals surface area contributed by atoms with Gasteiger partial charge < -0.3 is 20.0 Å². The molecule has 6 heteroatoms. The van der Waals surface area contributed by atoms with Gasteiger partial charge in [-0.15, -0.1) is 12.4 Å². The van der Waals surface area contributed by atoms with Crippen LogP contribution in [0.4, 0.5) is 0 Å². The molecule has 0 atom stereocenters. The number of hydrogen-bond acceptors (Lipinski definition) is 4. The quantitative estimate of drug-likeness (QED) is 0.777. The average Bonchev–Trinajstić information content (AvgIpc) is 2.89.